The summed E-state index contributed by atoms with van der Waals surface area (Å²) >= 11 is 0. The summed E-state index contributed by atoms with van der Waals surface area (Å²) in [7, 11) is 1.70. The van der Waals surface area contributed by atoms with E-state index in [9.17, 15) is 0 Å². The SMILES string of the molecule is COCC(C)Nc1nccn1C(C)Cn1cccn1. The highest BCUT2D eigenvalue weighted by molar-refractivity contribution is 5.28. The number of rotatable bonds is 7. The van der Waals surface area contributed by atoms with Crippen LogP contribution in [-0.4, -0.2) is 39.1 Å². The number of ether oxygens (including phenoxy) is 1. The molecule has 0 saturated heterocycles. The minimum absolute atomic E-state index is 0.225. The van der Waals surface area contributed by atoms with E-state index in [4.69, 9.17) is 4.74 Å². The molecule has 0 fully saturated rings. The van der Waals surface area contributed by atoms with Crippen LogP contribution in [-0.2, 0) is 11.3 Å². The smallest absolute Gasteiger partial charge is 0.203 e. The van der Waals surface area contributed by atoms with E-state index >= 15 is 0 Å². The number of aromatic nitrogens is 4. The minimum atomic E-state index is 0.225. The molecule has 2 atom stereocenters. The molecule has 2 aromatic rings. The predicted octanol–water partition coefficient (Wildman–Crippen LogP) is 1.79. The Hall–Kier alpha value is -1.82. The highest BCUT2D eigenvalue weighted by Gasteiger charge is 2.12. The molecule has 6 nitrogen and oxygen atoms in total. The first-order valence-corrected chi connectivity index (χ1v) is 6.46. The monoisotopic (exact) mass is 263 g/mol. The zero-order valence-corrected chi connectivity index (χ0v) is 11.7. The van der Waals surface area contributed by atoms with E-state index in [-0.39, 0.29) is 12.1 Å². The first-order valence-electron chi connectivity index (χ1n) is 6.46. The quantitative estimate of drug-likeness (QED) is 0.827. The summed E-state index contributed by atoms with van der Waals surface area (Å²) in [6.45, 7) is 5.69. The zero-order chi connectivity index (χ0) is 13.7. The molecule has 0 bridgehead atoms. The molecule has 0 aliphatic carbocycles. The second-order valence-electron chi connectivity index (χ2n) is 4.74. The van der Waals surface area contributed by atoms with Crippen LogP contribution in [0.1, 0.15) is 19.9 Å². The fourth-order valence-corrected chi connectivity index (χ4v) is 2.06. The minimum Gasteiger partial charge on any atom is -0.383 e. The highest BCUT2D eigenvalue weighted by Crippen LogP contribution is 2.15. The molecule has 0 spiro atoms. The molecule has 0 amide bonds. The Morgan fingerprint density at radius 1 is 1.32 bits per heavy atom. The lowest BCUT2D eigenvalue weighted by Gasteiger charge is -2.19. The summed E-state index contributed by atoms with van der Waals surface area (Å²) in [4.78, 5) is 4.36. The molecule has 104 valence electrons. The standard InChI is InChI=1S/C13H21N5O/c1-11(10-19-3)16-13-14-6-8-18(13)12(2)9-17-7-4-5-15-17/h4-8,11-12H,9-10H2,1-3H3,(H,14,16). The van der Waals surface area contributed by atoms with E-state index in [0.29, 0.717) is 6.61 Å². The van der Waals surface area contributed by atoms with Gasteiger partial charge in [-0.15, -0.1) is 0 Å². The Balaban J connectivity index is 2.01. The van der Waals surface area contributed by atoms with Crippen molar-refractivity contribution in [2.45, 2.75) is 32.5 Å². The van der Waals surface area contributed by atoms with Crippen LogP contribution in [0.25, 0.3) is 0 Å². The Morgan fingerprint density at radius 3 is 2.84 bits per heavy atom. The average Bonchev–Trinajstić information content (AvgIpc) is 3.00. The molecular weight excluding hydrogens is 242 g/mol. The number of nitrogens with zero attached hydrogens (tertiary/aromatic N) is 4. The maximum absolute atomic E-state index is 5.12. The molecule has 2 aromatic heterocycles. The van der Waals surface area contributed by atoms with E-state index in [1.54, 1.807) is 19.5 Å². The maximum Gasteiger partial charge on any atom is 0.203 e. The van der Waals surface area contributed by atoms with Crippen LogP contribution >= 0.6 is 0 Å². The molecule has 0 aliphatic heterocycles. The first-order chi connectivity index (χ1) is 9.20. The number of imidazole rings is 1. The predicted molar refractivity (Wildman–Crippen MR) is 74.1 cm³/mol. The van der Waals surface area contributed by atoms with Crippen LogP contribution in [0.5, 0.6) is 0 Å². The molecule has 2 heterocycles. The van der Waals surface area contributed by atoms with Crippen molar-refractivity contribution in [2.24, 2.45) is 0 Å². The summed E-state index contributed by atoms with van der Waals surface area (Å²) in [6, 6.07) is 2.43. The Labute approximate surface area is 113 Å². The maximum atomic E-state index is 5.12. The van der Waals surface area contributed by atoms with Gasteiger partial charge in [-0.1, -0.05) is 0 Å². The van der Waals surface area contributed by atoms with E-state index in [1.807, 2.05) is 23.1 Å². The van der Waals surface area contributed by atoms with Gasteiger partial charge in [-0.25, -0.2) is 4.98 Å². The lowest BCUT2D eigenvalue weighted by Crippen LogP contribution is -2.24. The van der Waals surface area contributed by atoms with Crippen molar-refractivity contribution >= 4 is 5.95 Å². The molecule has 6 heteroatoms. The number of hydrogen-bond donors (Lipinski definition) is 1. The van der Waals surface area contributed by atoms with E-state index in [1.165, 1.54) is 0 Å². The third-order valence-electron chi connectivity index (χ3n) is 2.95. The van der Waals surface area contributed by atoms with Gasteiger partial charge in [-0.3, -0.25) is 4.68 Å². The number of methoxy groups -OCH3 is 1. The van der Waals surface area contributed by atoms with Gasteiger partial charge in [0, 0.05) is 37.9 Å². The van der Waals surface area contributed by atoms with Gasteiger partial charge in [0.25, 0.3) is 0 Å². The fourth-order valence-electron chi connectivity index (χ4n) is 2.06. The summed E-state index contributed by atoms with van der Waals surface area (Å²) in [5.74, 6) is 0.865. The van der Waals surface area contributed by atoms with Gasteiger partial charge in [-0.2, -0.15) is 5.10 Å². The Kier molecular flexibility index (Phi) is 4.57. The normalized spacial score (nSPS) is 14.3. The second-order valence-corrected chi connectivity index (χ2v) is 4.74. The van der Waals surface area contributed by atoms with Crippen LogP contribution < -0.4 is 5.32 Å². The van der Waals surface area contributed by atoms with Crippen LogP contribution in [0.3, 0.4) is 0 Å². The van der Waals surface area contributed by atoms with Crippen molar-refractivity contribution in [1.82, 2.24) is 19.3 Å². The van der Waals surface area contributed by atoms with Gasteiger partial charge < -0.3 is 14.6 Å². The molecule has 0 saturated carbocycles. The fraction of sp³-hybridized carbons (Fsp3) is 0.538. The van der Waals surface area contributed by atoms with Gasteiger partial charge in [-0.05, 0) is 19.9 Å². The summed E-state index contributed by atoms with van der Waals surface area (Å²) in [5.41, 5.74) is 0. The molecular formula is C13H21N5O. The molecule has 2 rings (SSSR count). The van der Waals surface area contributed by atoms with E-state index in [2.05, 4.69) is 33.8 Å². The number of hydrogen-bond acceptors (Lipinski definition) is 4. The van der Waals surface area contributed by atoms with Crippen LogP contribution in [0, 0.1) is 0 Å². The number of anilines is 1. The van der Waals surface area contributed by atoms with E-state index < -0.39 is 0 Å². The average molecular weight is 263 g/mol. The summed E-state index contributed by atoms with van der Waals surface area (Å²) in [6.07, 6.45) is 7.55. The summed E-state index contributed by atoms with van der Waals surface area (Å²) < 4.78 is 9.17. The lowest BCUT2D eigenvalue weighted by atomic mass is 10.3. The second kappa shape index (κ2) is 6.38. The van der Waals surface area contributed by atoms with Gasteiger partial charge in [0.1, 0.15) is 0 Å². The Morgan fingerprint density at radius 2 is 2.16 bits per heavy atom. The van der Waals surface area contributed by atoms with Crippen molar-refractivity contribution in [3.05, 3.63) is 30.9 Å². The van der Waals surface area contributed by atoms with Crippen molar-refractivity contribution in [3.8, 4) is 0 Å². The van der Waals surface area contributed by atoms with Crippen molar-refractivity contribution in [2.75, 3.05) is 19.0 Å². The third-order valence-corrected chi connectivity index (χ3v) is 2.95. The molecule has 2 unspecified atom stereocenters. The van der Waals surface area contributed by atoms with Crippen LogP contribution in [0.4, 0.5) is 5.95 Å². The summed E-state index contributed by atoms with van der Waals surface area (Å²) in [5, 5.41) is 7.58. The lowest BCUT2D eigenvalue weighted by molar-refractivity contribution is 0.190. The van der Waals surface area contributed by atoms with Crippen molar-refractivity contribution < 1.29 is 4.74 Å². The topological polar surface area (TPSA) is 56.9 Å². The Bertz CT molecular complexity index is 479. The molecule has 1 N–H and O–H groups in total. The van der Waals surface area contributed by atoms with Gasteiger partial charge in [0.2, 0.25) is 5.95 Å². The molecule has 19 heavy (non-hydrogen) atoms. The van der Waals surface area contributed by atoms with Crippen molar-refractivity contribution in [1.29, 1.82) is 0 Å². The first kappa shape index (κ1) is 13.6. The van der Waals surface area contributed by atoms with Gasteiger partial charge >= 0.3 is 0 Å². The van der Waals surface area contributed by atoms with Gasteiger partial charge in [0.15, 0.2) is 0 Å². The molecule has 0 aliphatic rings. The largest absolute Gasteiger partial charge is 0.383 e. The van der Waals surface area contributed by atoms with Crippen molar-refractivity contribution in [3.63, 3.8) is 0 Å². The molecule has 0 aromatic carbocycles. The highest BCUT2D eigenvalue weighted by atomic mass is 16.5. The number of nitrogens with one attached hydrogen (secondary N) is 1. The van der Waals surface area contributed by atoms with Gasteiger partial charge in [0.05, 0.1) is 19.2 Å². The molecule has 0 radical (unpaired) electrons. The van der Waals surface area contributed by atoms with Crippen LogP contribution in [0.15, 0.2) is 30.9 Å². The third kappa shape index (κ3) is 3.57. The zero-order valence-electron chi connectivity index (χ0n) is 11.7. The van der Waals surface area contributed by atoms with Crippen LogP contribution in [0.2, 0.25) is 0 Å². The van der Waals surface area contributed by atoms with E-state index in [0.717, 1.165) is 12.5 Å².